The van der Waals surface area contributed by atoms with E-state index < -0.39 is 23.5 Å². The van der Waals surface area contributed by atoms with E-state index in [1.54, 1.807) is 22.4 Å². The fourth-order valence-corrected chi connectivity index (χ4v) is 4.91. The van der Waals surface area contributed by atoms with Crippen LogP contribution in [0.5, 0.6) is 0 Å². The maximum absolute atomic E-state index is 14.0. The van der Waals surface area contributed by atoms with Gasteiger partial charge in [0.15, 0.2) is 0 Å². The molecule has 1 atom stereocenters. The third kappa shape index (κ3) is 4.08. The molecular formula is C28H29N5O3. The summed E-state index contributed by atoms with van der Waals surface area (Å²) in [6.07, 6.45) is 7.97. The van der Waals surface area contributed by atoms with Crippen molar-refractivity contribution in [1.29, 1.82) is 0 Å². The molecule has 4 aromatic rings. The van der Waals surface area contributed by atoms with Crippen LogP contribution in [0.1, 0.15) is 54.7 Å². The van der Waals surface area contributed by atoms with Gasteiger partial charge in [-0.15, -0.1) is 0 Å². The Labute approximate surface area is 209 Å². The Kier molecular flexibility index (Phi) is 6.18. The zero-order valence-corrected chi connectivity index (χ0v) is 20.6. The van der Waals surface area contributed by atoms with Gasteiger partial charge in [0.2, 0.25) is 12.1 Å². The van der Waals surface area contributed by atoms with Gasteiger partial charge in [0.05, 0.1) is 24.0 Å². The number of hydrogen-bond donors (Lipinski definition) is 1. The molecule has 0 radical (unpaired) electrons. The first-order valence-electron chi connectivity index (χ1n) is 12.2. The summed E-state index contributed by atoms with van der Waals surface area (Å²) in [6.45, 7) is 6.99. The molecule has 1 aliphatic rings. The van der Waals surface area contributed by atoms with E-state index in [2.05, 4.69) is 23.8 Å². The normalized spacial score (nSPS) is 17.6. The number of carbonyl (C=O) groups is 2. The molecule has 36 heavy (non-hydrogen) atoms. The molecule has 5 rings (SSSR count). The van der Waals surface area contributed by atoms with Gasteiger partial charge in [0.25, 0.3) is 5.91 Å². The molecule has 184 valence electrons. The third-order valence-corrected chi connectivity index (χ3v) is 6.79. The quantitative estimate of drug-likeness (QED) is 0.189. The second kappa shape index (κ2) is 9.45. The van der Waals surface area contributed by atoms with Crippen molar-refractivity contribution in [3.05, 3.63) is 95.5 Å². The molecule has 0 bridgehead atoms. The van der Waals surface area contributed by atoms with Gasteiger partial charge in [-0.05, 0) is 36.1 Å². The van der Waals surface area contributed by atoms with Gasteiger partial charge >= 0.3 is 0 Å². The summed E-state index contributed by atoms with van der Waals surface area (Å²) in [6, 6.07) is 12.6. The number of fused-ring (bicyclic) bond motifs is 1. The van der Waals surface area contributed by atoms with Crippen LogP contribution in [-0.2, 0) is 16.1 Å². The number of nitrogens with zero attached hydrogens (tertiary/aromatic N) is 4. The fourth-order valence-electron chi connectivity index (χ4n) is 4.91. The highest BCUT2D eigenvalue weighted by atomic mass is 16.3. The van der Waals surface area contributed by atoms with Crippen LogP contribution in [0.15, 0.2) is 73.0 Å². The van der Waals surface area contributed by atoms with Crippen LogP contribution in [-0.4, -0.2) is 37.5 Å². The number of H-pyrrole nitrogens is 1. The molecule has 0 saturated carbocycles. The number of likely N-dealkylation sites (tertiary alicyclic amines) is 1. The second-order valence-corrected chi connectivity index (χ2v) is 9.47. The Morgan fingerprint density at radius 3 is 2.64 bits per heavy atom. The van der Waals surface area contributed by atoms with Crippen LogP contribution < -0.4 is 9.67 Å². The first-order chi connectivity index (χ1) is 17.4. The van der Waals surface area contributed by atoms with Crippen LogP contribution in [0.3, 0.4) is 0 Å². The number of aromatic nitrogens is 4. The van der Waals surface area contributed by atoms with Crippen LogP contribution in [0, 0.1) is 6.92 Å². The van der Waals surface area contributed by atoms with Crippen molar-refractivity contribution in [2.24, 2.45) is 0 Å². The number of pyridine rings is 1. The van der Waals surface area contributed by atoms with Crippen LogP contribution >= 0.6 is 0 Å². The summed E-state index contributed by atoms with van der Waals surface area (Å²) in [5, 5.41) is 14.0. The molecule has 0 spiro atoms. The lowest BCUT2D eigenvalue weighted by Crippen LogP contribution is -2.36. The SMILES string of the molecule is Cc1nc2ccccn2c1/C([O-])=C1\C(=O)C(=O)N(CCC[n+]2cc[nH]c2)C1c1ccc(C(C)C)cc1. The summed E-state index contributed by atoms with van der Waals surface area (Å²) in [7, 11) is 0. The number of ketones is 1. The van der Waals surface area contributed by atoms with Crippen molar-refractivity contribution in [2.45, 2.75) is 45.7 Å². The minimum Gasteiger partial charge on any atom is -0.871 e. The maximum Gasteiger partial charge on any atom is 0.295 e. The summed E-state index contributed by atoms with van der Waals surface area (Å²) < 4.78 is 3.67. The molecule has 1 fully saturated rings. The molecule has 3 aromatic heterocycles. The Morgan fingerprint density at radius 1 is 1.17 bits per heavy atom. The first kappa shape index (κ1) is 23.5. The number of Topliss-reactive ketones (excluding diaryl/α,β-unsaturated/α-hetero) is 1. The zero-order valence-electron chi connectivity index (χ0n) is 20.6. The summed E-state index contributed by atoms with van der Waals surface area (Å²) in [4.78, 5) is 35.7. The van der Waals surface area contributed by atoms with Gasteiger partial charge in [-0.2, -0.15) is 0 Å². The van der Waals surface area contributed by atoms with E-state index in [4.69, 9.17) is 0 Å². The molecule has 1 unspecified atom stereocenters. The van der Waals surface area contributed by atoms with Crippen molar-refractivity contribution in [2.75, 3.05) is 6.54 Å². The summed E-state index contributed by atoms with van der Waals surface area (Å²) in [5.74, 6) is -1.49. The number of rotatable bonds is 7. The lowest BCUT2D eigenvalue weighted by atomic mass is 9.93. The standard InChI is InChI=1S/C28H29N5O3/c1-18(2)20-8-10-21(11-9-20)25-23(26(34)24-19(3)30-22-7-4-5-14-32(22)24)27(35)28(36)33(25)15-6-13-31-16-12-29-17-31/h4-5,7-12,14,16-18,25H,6,13,15H2,1-3H3,(H,34,35). The molecule has 1 aromatic carbocycles. The lowest BCUT2D eigenvalue weighted by molar-refractivity contribution is -0.695. The minimum atomic E-state index is -0.747. The van der Waals surface area contributed by atoms with E-state index >= 15 is 0 Å². The number of imidazole rings is 2. The predicted octanol–water partition coefficient (Wildman–Crippen LogP) is 2.70. The number of nitrogens with one attached hydrogen (secondary N) is 1. The Bertz CT molecular complexity index is 1450. The smallest absolute Gasteiger partial charge is 0.295 e. The van der Waals surface area contributed by atoms with Gasteiger partial charge in [-0.3, -0.25) is 14.6 Å². The molecule has 1 amide bonds. The number of aromatic amines is 1. The first-order valence-corrected chi connectivity index (χ1v) is 12.2. The highest BCUT2D eigenvalue weighted by Crippen LogP contribution is 2.39. The Morgan fingerprint density at radius 2 is 1.94 bits per heavy atom. The van der Waals surface area contributed by atoms with Crippen molar-refractivity contribution in [3.63, 3.8) is 0 Å². The zero-order chi connectivity index (χ0) is 25.4. The number of benzene rings is 1. The molecule has 1 saturated heterocycles. The van der Waals surface area contributed by atoms with Gasteiger partial charge in [0.1, 0.15) is 18.0 Å². The van der Waals surface area contributed by atoms with E-state index in [0.29, 0.717) is 42.5 Å². The van der Waals surface area contributed by atoms with Crippen LogP contribution in [0.25, 0.3) is 11.4 Å². The Balaban J connectivity index is 1.60. The molecule has 0 aliphatic carbocycles. The number of carbonyl (C=O) groups excluding carboxylic acids is 2. The molecule has 1 aliphatic heterocycles. The molecule has 8 heteroatoms. The van der Waals surface area contributed by atoms with E-state index in [-0.39, 0.29) is 5.57 Å². The van der Waals surface area contributed by atoms with Crippen molar-refractivity contribution < 1.29 is 19.3 Å². The van der Waals surface area contributed by atoms with Crippen molar-refractivity contribution in [3.8, 4) is 0 Å². The predicted molar refractivity (Wildman–Crippen MR) is 132 cm³/mol. The Hall–Kier alpha value is -4.20. The van der Waals surface area contributed by atoms with Gasteiger partial charge < -0.3 is 14.4 Å². The van der Waals surface area contributed by atoms with E-state index in [1.807, 2.05) is 65.8 Å². The average Bonchev–Trinajstić information content (AvgIpc) is 3.56. The molecular weight excluding hydrogens is 454 g/mol. The highest BCUT2D eigenvalue weighted by molar-refractivity contribution is 6.46. The highest BCUT2D eigenvalue weighted by Gasteiger charge is 2.44. The number of hydrogen-bond acceptors (Lipinski definition) is 4. The third-order valence-electron chi connectivity index (χ3n) is 6.79. The van der Waals surface area contributed by atoms with Gasteiger partial charge in [0, 0.05) is 24.7 Å². The minimum absolute atomic E-state index is 0.0136. The molecule has 4 heterocycles. The second-order valence-electron chi connectivity index (χ2n) is 9.47. The average molecular weight is 484 g/mol. The fraction of sp³-hybridized carbons (Fsp3) is 0.286. The van der Waals surface area contributed by atoms with Crippen molar-refractivity contribution in [1.82, 2.24) is 19.3 Å². The topological polar surface area (TPSA) is 97.4 Å². The largest absolute Gasteiger partial charge is 0.871 e. The van der Waals surface area contributed by atoms with Crippen LogP contribution in [0.2, 0.25) is 0 Å². The number of aryl methyl sites for hydroxylation is 2. The lowest BCUT2D eigenvalue weighted by Gasteiger charge is -2.27. The van der Waals surface area contributed by atoms with E-state index in [0.717, 1.165) is 11.1 Å². The number of amides is 1. The van der Waals surface area contributed by atoms with E-state index in [9.17, 15) is 14.7 Å². The van der Waals surface area contributed by atoms with Crippen LogP contribution in [0.4, 0.5) is 0 Å². The molecule has 1 N–H and O–H groups in total. The van der Waals surface area contributed by atoms with E-state index in [1.165, 1.54) is 0 Å². The summed E-state index contributed by atoms with van der Waals surface area (Å²) >= 11 is 0. The van der Waals surface area contributed by atoms with Gasteiger partial charge in [-0.25, -0.2) is 9.55 Å². The monoisotopic (exact) mass is 483 g/mol. The molecule has 8 nitrogen and oxygen atoms in total. The maximum atomic E-state index is 14.0. The summed E-state index contributed by atoms with van der Waals surface area (Å²) in [5.41, 5.74) is 3.35. The van der Waals surface area contributed by atoms with Gasteiger partial charge in [-0.1, -0.05) is 49.9 Å². The van der Waals surface area contributed by atoms with Crippen molar-refractivity contribution >= 4 is 23.1 Å².